The van der Waals surface area contributed by atoms with Crippen molar-refractivity contribution in [2.45, 2.75) is 39.5 Å². The molecule has 1 aromatic heterocycles. The lowest BCUT2D eigenvalue weighted by Crippen LogP contribution is -2.09. The summed E-state index contributed by atoms with van der Waals surface area (Å²) in [4.78, 5) is 23.4. The summed E-state index contributed by atoms with van der Waals surface area (Å²) in [5.41, 5.74) is 11.7. The van der Waals surface area contributed by atoms with Crippen LogP contribution >= 0.6 is 0 Å². The summed E-state index contributed by atoms with van der Waals surface area (Å²) >= 11 is 0. The Kier molecular flexibility index (Phi) is 9.39. The van der Waals surface area contributed by atoms with E-state index in [1.165, 1.54) is 0 Å². The molecule has 8 heteroatoms. The summed E-state index contributed by atoms with van der Waals surface area (Å²) in [5.74, 6) is 0.470. The minimum absolute atomic E-state index is 0.126. The van der Waals surface area contributed by atoms with Crippen molar-refractivity contribution in [3.05, 3.63) is 119 Å². The second-order valence-electron chi connectivity index (χ2n) is 10.0. The van der Waals surface area contributed by atoms with E-state index in [1.807, 2.05) is 66.7 Å². The zero-order valence-electron chi connectivity index (χ0n) is 23.9. The van der Waals surface area contributed by atoms with Gasteiger partial charge in [-0.05, 0) is 60.0 Å². The van der Waals surface area contributed by atoms with Crippen LogP contribution in [-0.2, 0) is 46.9 Å². The smallest absolute Gasteiger partial charge is 0.310 e. The first-order valence-corrected chi connectivity index (χ1v) is 14.1. The van der Waals surface area contributed by atoms with Gasteiger partial charge >= 0.3 is 11.9 Å². The number of carbonyl (C=O) groups excluding carboxylic acids is 1. The van der Waals surface area contributed by atoms with Crippen molar-refractivity contribution in [3.8, 4) is 22.6 Å². The third-order valence-electron chi connectivity index (χ3n) is 6.89. The van der Waals surface area contributed by atoms with E-state index in [4.69, 9.17) is 24.4 Å². The predicted octanol–water partition coefficient (Wildman–Crippen LogP) is 6.45. The van der Waals surface area contributed by atoms with Gasteiger partial charge in [-0.2, -0.15) is 0 Å². The highest BCUT2D eigenvalue weighted by Gasteiger charge is 2.16. The molecule has 8 nitrogen and oxygen atoms in total. The van der Waals surface area contributed by atoms with E-state index in [1.54, 1.807) is 31.2 Å². The van der Waals surface area contributed by atoms with Gasteiger partial charge in [0.1, 0.15) is 36.1 Å². The molecule has 0 saturated carbocycles. The van der Waals surface area contributed by atoms with Crippen molar-refractivity contribution in [1.82, 2.24) is 0 Å². The van der Waals surface area contributed by atoms with Crippen molar-refractivity contribution >= 4 is 22.9 Å². The Hall–Kier alpha value is -5.08. The average molecular weight is 580 g/mol. The van der Waals surface area contributed by atoms with Gasteiger partial charge in [0.2, 0.25) is 0 Å². The molecule has 5 rings (SSSR count). The van der Waals surface area contributed by atoms with Crippen molar-refractivity contribution < 1.29 is 33.3 Å². The molecule has 0 bridgehead atoms. The van der Waals surface area contributed by atoms with Gasteiger partial charge in [0.05, 0.1) is 19.4 Å². The normalized spacial score (nSPS) is 10.9. The number of ether oxygens (including phenoxy) is 3. The molecule has 4 aromatic carbocycles. The average Bonchev–Trinajstić information content (AvgIpc) is 3.42. The summed E-state index contributed by atoms with van der Waals surface area (Å²) in [7, 11) is 0. The lowest BCUT2D eigenvalue weighted by atomic mass is 9.99. The minimum Gasteiger partial charge on any atom is -0.489 e. The molecule has 0 amide bonds. The van der Waals surface area contributed by atoms with E-state index >= 15 is 0 Å². The zero-order chi connectivity index (χ0) is 30.2. The number of benzene rings is 4. The lowest BCUT2D eigenvalue weighted by molar-refractivity contribution is -0.142. The van der Waals surface area contributed by atoms with E-state index in [9.17, 15) is 14.7 Å². The quantitative estimate of drug-likeness (QED) is 0.153. The molecule has 220 valence electrons. The number of fused-ring (bicyclic) bond motifs is 1. The number of esters is 1. The maximum Gasteiger partial charge on any atom is 0.310 e. The van der Waals surface area contributed by atoms with E-state index < -0.39 is 5.97 Å². The van der Waals surface area contributed by atoms with Crippen molar-refractivity contribution in [1.29, 1.82) is 0 Å². The Morgan fingerprint density at radius 1 is 0.791 bits per heavy atom. The molecule has 0 unspecified atom stereocenters. The highest BCUT2D eigenvalue weighted by molar-refractivity contribution is 5.93. The zero-order valence-corrected chi connectivity index (χ0v) is 23.9. The Morgan fingerprint density at radius 3 is 2.19 bits per heavy atom. The molecule has 0 saturated heterocycles. The molecule has 0 atom stereocenters. The number of para-hydroxylation sites is 2. The summed E-state index contributed by atoms with van der Waals surface area (Å²) in [5, 5.41) is 10.1. The minimum atomic E-state index is -0.928. The number of carbonyl (C=O) groups is 2. The fraction of sp³-hybridized carbons (Fsp3) is 0.200. The highest BCUT2D eigenvalue weighted by atomic mass is 16.5. The largest absolute Gasteiger partial charge is 0.489 e. The van der Waals surface area contributed by atoms with Gasteiger partial charge in [0.15, 0.2) is 0 Å². The number of hydrogen-bond acceptors (Lipinski definition) is 7. The van der Waals surface area contributed by atoms with Crippen molar-refractivity contribution in [2.75, 3.05) is 6.61 Å². The van der Waals surface area contributed by atoms with E-state index in [0.717, 1.165) is 33.2 Å². The van der Waals surface area contributed by atoms with Gasteiger partial charge in [-0.25, -0.2) is 0 Å². The molecular weight excluding hydrogens is 546 g/mol. The third-order valence-corrected chi connectivity index (χ3v) is 6.89. The third kappa shape index (κ3) is 7.42. The highest BCUT2D eigenvalue weighted by Crippen LogP contribution is 2.34. The number of rotatable bonds is 13. The van der Waals surface area contributed by atoms with Crippen LogP contribution in [-0.4, -0.2) is 23.7 Å². The van der Waals surface area contributed by atoms with Gasteiger partial charge in [0, 0.05) is 28.6 Å². The summed E-state index contributed by atoms with van der Waals surface area (Å²) in [6, 6.07) is 28.4. The van der Waals surface area contributed by atoms with Crippen molar-refractivity contribution in [2.24, 2.45) is 5.73 Å². The maximum absolute atomic E-state index is 12.1. The van der Waals surface area contributed by atoms with Gasteiger partial charge in [-0.15, -0.1) is 0 Å². The van der Waals surface area contributed by atoms with E-state index in [2.05, 4.69) is 0 Å². The maximum atomic E-state index is 12.1. The lowest BCUT2D eigenvalue weighted by Gasteiger charge is -2.13. The number of carboxylic acids is 1. The van der Waals surface area contributed by atoms with Crippen LogP contribution in [0, 0.1) is 0 Å². The van der Waals surface area contributed by atoms with Gasteiger partial charge < -0.3 is 29.5 Å². The molecular formula is C35H33NO7. The van der Waals surface area contributed by atoms with Crippen LogP contribution in [0.15, 0.2) is 95.4 Å². The van der Waals surface area contributed by atoms with E-state index in [-0.39, 0.29) is 32.0 Å². The topological polar surface area (TPSA) is 121 Å². The van der Waals surface area contributed by atoms with Crippen LogP contribution in [0.3, 0.4) is 0 Å². The first-order valence-electron chi connectivity index (χ1n) is 14.1. The number of hydrogen-bond donors (Lipinski definition) is 2. The molecule has 0 aliphatic heterocycles. The summed E-state index contributed by atoms with van der Waals surface area (Å²) < 4.78 is 23.6. The number of carboxylic acid groups (broad SMARTS) is 1. The second kappa shape index (κ2) is 13.7. The van der Waals surface area contributed by atoms with Crippen LogP contribution in [0.2, 0.25) is 0 Å². The van der Waals surface area contributed by atoms with Crippen LogP contribution in [0.1, 0.15) is 34.9 Å². The predicted molar refractivity (Wildman–Crippen MR) is 163 cm³/mol. The van der Waals surface area contributed by atoms with Crippen LogP contribution < -0.4 is 15.2 Å². The van der Waals surface area contributed by atoms with Gasteiger partial charge in [-0.3, -0.25) is 9.59 Å². The SMILES string of the molecule is CCOC(=O)Cc1ccccc1OCc1cc(-c2cccc(CN)c2)c2oc(COc3ccccc3CC(=O)O)cc2c1. The monoisotopic (exact) mass is 579 g/mol. The molecule has 5 aromatic rings. The van der Waals surface area contributed by atoms with E-state index in [0.29, 0.717) is 41.6 Å². The Morgan fingerprint density at radius 2 is 1.49 bits per heavy atom. The van der Waals surface area contributed by atoms with Crippen molar-refractivity contribution in [3.63, 3.8) is 0 Å². The first-order chi connectivity index (χ1) is 20.9. The second-order valence-corrected chi connectivity index (χ2v) is 10.0. The number of furan rings is 1. The number of aliphatic carboxylic acids is 1. The Bertz CT molecular complexity index is 1740. The van der Waals surface area contributed by atoms with Gasteiger partial charge in [-0.1, -0.05) is 54.6 Å². The number of nitrogens with two attached hydrogens (primary N) is 1. The fourth-order valence-corrected chi connectivity index (χ4v) is 4.93. The van der Waals surface area contributed by atoms with Gasteiger partial charge in [0.25, 0.3) is 0 Å². The van der Waals surface area contributed by atoms with Crippen LogP contribution in [0.5, 0.6) is 11.5 Å². The fourth-order valence-electron chi connectivity index (χ4n) is 4.93. The Balaban J connectivity index is 1.45. The molecule has 43 heavy (non-hydrogen) atoms. The van der Waals surface area contributed by atoms with Crippen LogP contribution in [0.4, 0.5) is 0 Å². The molecule has 1 heterocycles. The summed E-state index contributed by atoms with van der Waals surface area (Å²) in [6.07, 6.45) is -0.00885. The summed E-state index contributed by atoms with van der Waals surface area (Å²) in [6.45, 7) is 2.90. The first kappa shape index (κ1) is 29.4. The molecule has 0 fully saturated rings. The Labute approximate surface area is 249 Å². The molecule has 0 aliphatic carbocycles. The molecule has 0 aliphatic rings. The molecule has 0 radical (unpaired) electrons. The molecule has 3 N–H and O–H groups in total. The standard InChI is InChI=1S/C35H33NO7/c1-2-40-34(39)19-27-10-4-6-13-32(27)41-21-24-15-28-17-29(22-42-31-12-5-3-9-26(31)18-33(37)38)43-35(28)30(16-24)25-11-7-8-23(14-25)20-36/h3-17H,2,18-22,36H2,1H3,(H,37,38). The van der Waals surface area contributed by atoms with Crippen LogP contribution in [0.25, 0.3) is 22.1 Å². The molecule has 0 spiro atoms.